The Hall–Kier alpha value is -2.29. The second-order valence-corrected chi connectivity index (χ2v) is 4.48. The number of phenols is 1. The molecular formula is C15H12O3. The Kier molecular flexibility index (Phi) is 2.33. The number of fused-ring (bicyclic) bond motifs is 3. The Labute approximate surface area is 104 Å². The molecule has 0 saturated heterocycles. The van der Waals surface area contributed by atoms with Gasteiger partial charge in [-0.3, -0.25) is 4.79 Å². The molecule has 3 nitrogen and oxygen atoms in total. The van der Waals surface area contributed by atoms with E-state index in [1.165, 1.54) is 0 Å². The Balaban J connectivity index is 2.25. The highest BCUT2D eigenvalue weighted by Gasteiger charge is 2.31. The average Bonchev–Trinajstić information content (AvgIpc) is 2.65. The normalized spacial score (nSPS) is 16.1. The summed E-state index contributed by atoms with van der Waals surface area (Å²) in [6, 6.07) is 12.9. The molecule has 0 amide bonds. The molecule has 0 aliphatic heterocycles. The van der Waals surface area contributed by atoms with Gasteiger partial charge in [0.2, 0.25) is 0 Å². The lowest BCUT2D eigenvalue weighted by molar-refractivity contribution is -0.137. The lowest BCUT2D eigenvalue weighted by Gasteiger charge is -2.10. The highest BCUT2D eigenvalue weighted by Crippen LogP contribution is 2.49. The first kappa shape index (κ1) is 10.8. The lowest BCUT2D eigenvalue weighted by atomic mass is 9.94. The largest absolute Gasteiger partial charge is 0.507 e. The van der Waals surface area contributed by atoms with E-state index in [1.54, 1.807) is 12.1 Å². The Bertz CT molecular complexity index is 631. The second-order valence-electron chi connectivity index (χ2n) is 4.48. The van der Waals surface area contributed by atoms with Crippen LogP contribution in [0.25, 0.3) is 11.1 Å². The van der Waals surface area contributed by atoms with Gasteiger partial charge in [0.05, 0.1) is 6.42 Å². The monoisotopic (exact) mass is 240 g/mol. The minimum absolute atomic E-state index is 0.0491. The van der Waals surface area contributed by atoms with Gasteiger partial charge in [-0.05, 0) is 22.8 Å². The molecule has 0 saturated carbocycles. The maximum absolute atomic E-state index is 11.0. The highest BCUT2D eigenvalue weighted by atomic mass is 16.4. The Morgan fingerprint density at radius 1 is 1.06 bits per heavy atom. The number of phenolic OH excluding ortho intramolecular Hbond substituents is 1. The van der Waals surface area contributed by atoms with Gasteiger partial charge < -0.3 is 10.2 Å². The van der Waals surface area contributed by atoms with E-state index in [0.29, 0.717) is 0 Å². The summed E-state index contributed by atoms with van der Waals surface area (Å²) in [6.07, 6.45) is 0.0491. The number of aliphatic carboxylic acids is 1. The summed E-state index contributed by atoms with van der Waals surface area (Å²) in [6.45, 7) is 0. The molecule has 0 fully saturated rings. The van der Waals surface area contributed by atoms with Crippen molar-refractivity contribution in [1.82, 2.24) is 0 Å². The first-order valence-corrected chi connectivity index (χ1v) is 5.81. The van der Waals surface area contributed by atoms with Crippen LogP contribution in [0.4, 0.5) is 0 Å². The molecule has 1 aliphatic carbocycles. The fraction of sp³-hybridized carbons (Fsp3) is 0.133. The molecule has 90 valence electrons. The minimum atomic E-state index is -0.828. The zero-order valence-corrected chi connectivity index (χ0v) is 9.63. The zero-order valence-electron chi connectivity index (χ0n) is 9.63. The molecule has 2 aromatic rings. The molecule has 18 heavy (non-hydrogen) atoms. The van der Waals surface area contributed by atoms with Crippen molar-refractivity contribution in [1.29, 1.82) is 0 Å². The van der Waals surface area contributed by atoms with E-state index in [4.69, 9.17) is 5.11 Å². The second kappa shape index (κ2) is 3.88. The van der Waals surface area contributed by atoms with E-state index in [1.807, 2.05) is 30.3 Å². The molecule has 0 bridgehead atoms. The molecule has 3 rings (SSSR count). The number of hydrogen-bond acceptors (Lipinski definition) is 2. The van der Waals surface area contributed by atoms with Crippen molar-refractivity contribution in [2.45, 2.75) is 12.3 Å². The van der Waals surface area contributed by atoms with Crippen LogP contribution in [0.15, 0.2) is 42.5 Å². The van der Waals surface area contributed by atoms with Crippen LogP contribution in [0, 0.1) is 0 Å². The third-order valence-corrected chi connectivity index (χ3v) is 3.43. The molecule has 0 heterocycles. The van der Waals surface area contributed by atoms with E-state index in [2.05, 4.69) is 0 Å². The van der Waals surface area contributed by atoms with Gasteiger partial charge in [-0.25, -0.2) is 0 Å². The highest BCUT2D eigenvalue weighted by molar-refractivity contribution is 5.85. The van der Waals surface area contributed by atoms with E-state index < -0.39 is 5.97 Å². The predicted molar refractivity (Wildman–Crippen MR) is 67.6 cm³/mol. The van der Waals surface area contributed by atoms with Crippen molar-refractivity contribution in [3.05, 3.63) is 53.6 Å². The fourth-order valence-corrected chi connectivity index (χ4v) is 2.73. The lowest BCUT2D eigenvalue weighted by Crippen LogP contribution is -2.04. The third-order valence-electron chi connectivity index (χ3n) is 3.43. The van der Waals surface area contributed by atoms with E-state index >= 15 is 0 Å². The molecule has 0 aromatic heterocycles. The van der Waals surface area contributed by atoms with Crippen LogP contribution < -0.4 is 0 Å². The number of rotatable bonds is 2. The van der Waals surface area contributed by atoms with E-state index in [9.17, 15) is 9.90 Å². The number of benzene rings is 2. The van der Waals surface area contributed by atoms with Gasteiger partial charge in [-0.15, -0.1) is 0 Å². The van der Waals surface area contributed by atoms with Gasteiger partial charge in [0.1, 0.15) is 5.75 Å². The maximum atomic E-state index is 11.0. The van der Waals surface area contributed by atoms with Crippen molar-refractivity contribution in [2.75, 3.05) is 0 Å². The van der Waals surface area contributed by atoms with Gasteiger partial charge in [-0.2, -0.15) is 0 Å². The van der Waals surface area contributed by atoms with Crippen LogP contribution in [0.1, 0.15) is 23.5 Å². The van der Waals surface area contributed by atoms with Crippen LogP contribution >= 0.6 is 0 Å². The standard InChI is InChI=1S/C15H12O3/c16-13-7-3-6-11-12(8-14(17)18)9-4-1-2-5-10(9)15(11)13/h1-7,12,16H,8H2,(H,17,18). The van der Waals surface area contributed by atoms with Crippen LogP contribution in [0.2, 0.25) is 0 Å². The summed E-state index contributed by atoms with van der Waals surface area (Å²) >= 11 is 0. The molecular weight excluding hydrogens is 228 g/mol. The number of carbonyl (C=O) groups is 1. The van der Waals surface area contributed by atoms with Gasteiger partial charge in [0, 0.05) is 11.5 Å². The molecule has 0 spiro atoms. The molecule has 1 aliphatic rings. The van der Waals surface area contributed by atoms with E-state index in [-0.39, 0.29) is 18.1 Å². The van der Waals surface area contributed by atoms with Crippen LogP contribution in [-0.2, 0) is 4.79 Å². The summed E-state index contributed by atoms with van der Waals surface area (Å²) < 4.78 is 0. The smallest absolute Gasteiger partial charge is 0.304 e. The van der Waals surface area contributed by atoms with Gasteiger partial charge in [0.15, 0.2) is 0 Å². The first-order chi connectivity index (χ1) is 8.68. The van der Waals surface area contributed by atoms with Crippen LogP contribution in [0.5, 0.6) is 5.75 Å². The topological polar surface area (TPSA) is 57.5 Å². The zero-order chi connectivity index (χ0) is 12.7. The average molecular weight is 240 g/mol. The molecule has 2 aromatic carbocycles. The fourth-order valence-electron chi connectivity index (χ4n) is 2.73. The SMILES string of the molecule is O=C(O)CC1c2ccccc2-c2c(O)cccc21. The van der Waals surface area contributed by atoms with Gasteiger partial charge in [0.25, 0.3) is 0 Å². The summed E-state index contributed by atoms with van der Waals surface area (Å²) in [7, 11) is 0. The molecule has 1 atom stereocenters. The van der Waals surface area contributed by atoms with Gasteiger partial charge >= 0.3 is 5.97 Å². The number of aromatic hydroxyl groups is 1. The summed E-state index contributed by atoms with van der Waals surface area (Å²) in [5.74, 6) is -0.778. The van der Waals surface area contributed by atoms with Crippen LogP contribution in [-0.4, -0.2) is 16.2 Å². The third kappa shape index (κ3) is 1.48. The van der Waals surface area contributed by atoms with Crippen molar-refractivity contribution in [3.63, 3.8) is 0 Å². The molecule has 2 N–H and O–H groups in total. The Morgan fingerprint density at radius 3 is 2.56 bits per heavy atom. The quantitative estimate of drug-likeness (QED) is 0.848. The summed E-state index contributed by atoms with van der Waals surface area (Å²) in [5.41, 5.74) is 3.60. The molecule has 1 unspecified atom stereocenters. The Morgan fingerprint density at radius 2 is 1.78 bits per heavy atom. The number of carboxylic acids is 1. The van der Waals surface area contributed by atoms with Crippen molar-refractivity contribution < 1.29 is 15.0 Å². The molecule has 3 heteroatoms. The van der Waals surface area contributed by atoms with E-state index in [0.717, 1.165) is 22.3 Å². The summed E-state index contributed by atoms with van der Waals surface area (Å²) in [5, 5.41) is 19.0. The first-order valence-electron chi connectivity index (χ1n) is 5.81. The maximum Gasteiger partial charge on any atom is 0.304 e. The number of hydrogen-bond donors (Lipinski definition) is 2. The molecule has 0 radical (unpaired) electrons. The van der Waals surface area contributed by atoms with Crippen molar-refractivity contribution in [3.8, 4) is 16.9 Å². The summed E-state index contributed by atoms with van der Waals surface area (Å²) in [4.78, 5) is 11.0. The van der Waals surface area contributed by atoms with Crippen LogP contribution in [0.3, 0.4) is 0 Å². The number of carboxylic acid groups (broad SMARTS) is 1. The predicted octanol–water partition coefficient (Wildman–Crippen LogP) is 2.98. The van der Waals surface area contributed by atoms with Crippen molar-refractivity contribution in [2.24, 2.45) is 0 Å². The van der Waals surface area contributed by atoms with Crippen molar-refractivity contribution >= 4 is 5.97 Å². The van der Waals surface area contributed by atoms with Gasteiger partial charge in [-0.1, -0.05) is 36.4 Å². The minimum Gasteiger partial charge on any atom is -0.507 e.